The van der Waals surface area contributed by atoms with Gasteiger partial charge in [-0.05, 0) is 60.9 Å². The van der Waals surface area contributed by atoms with E-state index in [9.17, 15) is 4.79 Å². The van der Waals surface area contributed by atoms with Crippen molar-refractivity contribution in [3.8, 4) is 11.5 Å². The van der Waals surface area contributed by atoms with Gasteiger partial charge >= 0.3 is 0 Å². The molecular formula is C33H30ClN7O3. The molecule has 10 nitrogen and oxygen atoms in total. The van der Waals surface area contributed by atoms with Crippen molar-refractivity contribution in [2.75, 3.05) is 5.32 Å². The number of rotatable bonds is 9. The summed E-state index contributed by atoms with van der Waals surface area (Å²) in [6.07, 6.45) is 11.1. The minimum atomic E-state index is -0.0795. The second-order valence-electron chi connectivity index (χ2n) is 11.6. The smallest absolute Gasteiger partial charge is 0.274 e. The van der Waals surface area contributed by atoms with E-state index in [-0.39, 0.29) is 17.7 Å². The highest BCUT2D eigenvalue weighted by Crippen LogP contribution is 2.42. The van der Waals surface area contributed by atoms with E-state index in [0.29, 0.717) is 51.8 Å². The number of aromatic nitrogens is 6. The summed E-state index contributed by atoms with van der Waals surface area (Å²) in [4.78, 5) is 23.0. The van der Waals surface area contributed by atoms with E-state index in [1.807, 2.05) is 66.5 Å². The fourth-order valence-electron chi connectivity index (χ4n) is 5.84. The van der Waals surface area contributed by atoms with Gasteiger partial charge in [-0.15, -0.1) is 0 Å². The maximum atomic E-state index is 13.8. The largest absolute Gasteiger partial charge is 0.450 e. The SMILES string of the molecule is Cn1c(Nc2cc(C3CC3)cn([C@H]3C[C@H](OCc4ccccc4)C3)c2=O)nc2ncc(Oc3cnn4ccccc34)c(Cl)c21. The first-order valence-electron chi connectivity index (χ1n) is 14.8. The maximum Gasteiger partial charge on any atom is 0.274 e. The molecule has 11 heteroatoms. The molecule has 0 unspecified atom stereocenters. The highest BCUT2D eigenvalue weighted by Gasteiger charge is 2.34. The number of halogens is 1. The van der Waals surface area contributed by atoms with Gasteiger partial charge < -0.3 is 23.9 Å². The first kappa shape index (κ1) is 26.9. The van der Waals surface area contributed by atoms with Crippen LogP contribution in [0.2, 0.25) is 5.02 Å². The normalized spacial score (nSPS) is 18.0. The number of aryl methyl sites for hydroxylation is 1. The van der Waals surface area contributed by atoms with Crippen LogP contribution in [0.3, 0.4) is 0 Å². The van der Waals surface area contributed by atoms with Crippen molar-refractivity contribution in [3.05, 3.63) is 106 Å². The predicted octanol–water partition coefficient (Wildman–Crippen LogP) is 6.76. The maximum absolute atomic E-state index is 13.8. The number of nitrogens with one attached hydrogen (secondary N) is 1. The van der Waals surface area contributed by atoms with Crippen LogP contribution in [-0.4, -0.2) is 34.8 Å². The lowest BCUT2D eigenvalue weighted by molar-refractivity contribution is -0.0364. The van der Waals surface area contributed by atoms with E-state index in [2.05, 4.69) is 32.5 Å². The third-order valence-electron chi connectivity index (χ3n) is 8.57. The Bertz CT molecular complexity index is 2060. The quantitative estimate of drug-likeness (QED) is 0.194. The van der Waals surface area contributed by atoms with Crippen LogP contribution in [-0.2, 0) is 18.4 Å². The number of benzene rings is 1. The van der Waals surface area contributed by atoms with Crippen molar-refractivity contribution < 1.29 is 9.47 Å². The minimum Gasteiger partial charge on any atom is -0.450 e. The molecule has 5 heterocycles. The number of imidazole rings is 1. The summed E-state index contributed by atoms with van der Waals surface area (Å²) in [7, 11) is 1.84. The number of hydrogen-bond acceptors (Lipinski definition) is 7. The van der Waals surface area contributed by atoms with Crippen LogP contribution >= 0.6 is 11.6 Å². The average Bonchev–Trinajstić information content (AvgIpc) is 3.72. The zero-order valence-electron chi connectivity index (χ0n) is 24.1. The molecule has 1 N–H and O–H groups in total. The molecule has 6 aromatic rings. The molecule has 8 rings (SSSR count). The lowest BCUT2D eigenvalue weighted by atomic mass is 9.88. The van der Waals surface area contributed by atoms with E-state index >= 15 is 0 Å². The van der Waals surface area contributed by atoms with E-state index in [1.54, 1.807) is 21.5 Å². The van der Waals surface area contributed by atoms with Gasteiger partial charge in [0.2, 0.25) is 5.95 Å². The van der Waals surface area contributed by atoms with E-state index < -0.39 is 0 Å². The molecule has 44 heavy (non-hydrogen) atoms. The van der Waals surface area contributed by atoms with Crippen LogP contribution in [0, 0.1) is 0 Å². The van der Waals surface area contributed by atoms with Gasteiger partial charge in [0, 0.05) is 25.5 Å². The molecule has 0 radical (unpaired) electrons. The molecule has 222 valence electrons. The lowest BCUT2D eigenvalue weighted by Crippen LogP contribution is -2.38. The summed E-state index contributed by atoms with van der Waals surface area (Å²) in [6.45, 7) is 0.581. The second kappa shape index (κ2) is 10.8. The van der Waals surface area contributed by atoms with Crippen LogP contribution in [0.25, 0.3) is 16.7 Å². The van der Waals surface area contributed by atoms with Crippen molar-refractivity contribution in [3.63, 3.8) is 0 Å². The molecule has 0 bridgehead atoms. The van der Waals surface area contributed by atoms with Gasteiger partial charge in [0.05, 0.1) is 25.1 Å². The summed E-state index contributed by atoms with van der Waals surface area (Å²) in [5.74, 6) is 1.90. The van der Waals surface area contributed by atoms with Crippen molar-refractivity contribution >= 4 is 39.9 Å². The predicted molar refractivity (Wildman–Crippen MR) is 168 cm³/mol. The first-order valence-corrected chi connectivity index (χ1v) is 15.2. The van der Waals surface area contributed by atoms with Gasteiger partial charge in [-0.1, -0.05) is 48.0 Å². The minimum absolute atomic E-state index is 0.0795. The first-order chi connectivity index (χ1) is 21.5. The number of hydrogen-bond donors (Lipinski definition) is 1. The van der Waals surface area contributed by atoms with Gasteiger partial charge in [-0.2, -0.15) is 10.1 Å². The number of fused-ring (bicyclic) bond motifs is 2. The summed E-state index contributed by atoms with van der Waals surface area (Å²) < 4.78 is 17.7. The summed E-state index contributed by atoms with van der Waals surface area (Å²) in [5.41, 5.74) is 4.58. The molecule has 5 aromatic heterocycles. The van der Waals surface area contributed by atoms with E-state index in [1.165, 1.54) is 5.56 Å². The average molecular weight is 608 g/mol. The number of pyridine rings is 3. The number of nitrogens with zero attached hydrogens (tertiary/aromatic N) is 6. The molecule has 0 saturated heterocycles. The lowest BCUT2D eigenvalue weighted by Gasteiger charge is -2.36. The fraction of sp³-hybridized carbons (Fsp3) is 0.273. The van der Waals surface area contributed by atoms with Gasteiger partial charge in [-0.25, -0.2) is 9.50 Å². The monoisotopic (exact) mass is 607 g/mol. The molecule has 2 fully saturated rings. The van der Waals surface area contributed by atoms with Gasteiger partial charge in [0.15, 0.2) is 17.1 Å². The standard InChI is InChI=1S/C33H30ClN7O3/c1-39-30-29(34)28(44-27-17-36-41-12-6-5-9-26(27)41)16-35-31(30)38-33(39)37-25-13-22(21-10-11-21)18-40(32(25)42)23-14-24(15-23)43-19-20-7-3-2-4-8-20/h2-9,12-13,16-18,21,23-24H,10-11,14-15,19H2,1H3,(H,35,37,38)/t23-,24-. The highest BCUT2D eigenvalue weighted by atomic mass is 35.5. The molecular weight excluding hydrogens is 578 g/mol. The Morgan fingerprint density at radius 3 is 2.68 bits per heavy atom. The summed E-state index contributed by atoms with van der Waals surface area (Å²) in [6, 6.07) is 18.0. The van der Waals surface area contributed by atoms with Crippen LogP contribution in [0.4, 0.5) is 11.6 Å². The number of ether oxygens (including phenoxy) is 2. The van der Waals surface area contributed by atoms with Crippen molar-refractivity contribution in [1.29, 1.82) is 0 Å². The van der Waals surface area contributed by atoms with Crippen LogP contribution in [0.1, 0.15) is 48.8 Å². The zero-order valence-corrected chi connectivity index (χ0v) is 24.8. The van der Waals surface area contributed by atoms with E-state index in [0.717, 1.165) is 36.8 Å². The Morgan fingerprint density at radius 1 is 1.05 bits per heavy atom. The molecule has 0 atom stereocenters. The Hall–Kier alpha value is -4.67. The molecule has 0 spiro atoms. The molecule has 2 aliphatic rings. The molecule has 0 aliphatic heterocycles. The molecule has 2 saturated carbocycles. The highest BCUT2D eigenvalue weighted by molar-refractivity contribution is 6.36. The van der Waals surface area contributed by atoms with Crippen LogP contribution in [0.5, 0.6) is 11.5 Å². The van der Waals surface area contributed by atoms with Gasteiger partial charge in [0.1, 0.15) is 21.7 Å². The Kier molecular flexibility index (Phi) is 6.61. The van der Waals surface area contributed by atoms with E-state index in [4.69, 9.17) is 21.1 Å². The topological polar surface area (TPSA) is 100 Å². The third-order valence-corrected chi connectivity index (χ3v) is 8.93. The molecule has 2 aliphatic carbocycles. The third kappa shape index (κ3) is 4.89. The Balaban J connectivity index is 1.05. The van der Waals surface area contributed by atoms with Gasteiger partial charge in [-0.3, -0.25) is 4.79 Å². The van der Waals surface area contributed by atoms with Crippen molar-refractivity contribution in [2.45, 2.75) is 50.4 Å². The van der Waals surface area contributed by atoms with Gasteiger partial charge in [0.25, 0.3) is 5.56 Å². The molecule has 1 aromatic carbocycles. The zero-order chi connectivity index (χ0) is 29.8. The van der Waals surface area contributed by atoms with Crippen molar-refractivity contribution in [2.24, 2.45) is 7.05 Å². The fourth-order valence-corrected chi connectivity index (χ4v) is 6.14. The second-order valence-corrected chi connectivity index (χ2v) is 12.0. The summed E-state index contributed by atoms with van der Waals surface area (Å²) in [5, 5.41) is 8.00. The number of anilines is 2. The molecule has 0 amide bonds. The Labute approximate surface area is 257 Å². The Morgan fingerprint density at radius 2 is 1.86 bits per heavy atom. The van der Waals surface area contributed by atoms with Crippen LogP contribution < -0.4 is 15.6 Å². The van der Waals surface area contributed by atoms with Crippen molar-refractivity contribution in [1.82, 2.24) is 28.7 Å². The van der Waals surface area contributed by atoms with Crippen LogP contribution in [0.15, 0.2) is 84.2 Å². The summed E-state index contributed by atoms with van der Waals surface area (Å²) >= 11 is 6.85.